The van der Waals surface area contributed by atoms with Gasteiger partial charge in [-0.25, -0.2) is 8.42 Å². The van der Waals surface area contributed by atoms with Gasteiger partial charge in [-0.05, 0) is 65.9 Å². The van der Waals surface area contributed by atoms with Crippen LogP contribution in [0.15, 0.2) is 65.8 Å². The lowest BCUT2D eigenvalue weighted by Gasteiger charge is -2.35. The summed E-state index contributed by atoms with van der Waals surface area (Å²) in [4.78, 5) is 21.4. The van der Waals surface area contributed by atoms with Gasteiger partial charge in [0.1, 0.15) is 0 Å². The van der Waals surface area contributed by atoms with Crippen LogP contribution in [0.4, 0.5) is 5.69 Å². The number of fused-ring (bicyclic) bond motifs is 1. The van der Waals surface area contributed by atoms with Crippen LogP contribution in [0.25, 0.3) is 10.8 Å². The van der Waals surface area contributed by atoms with Crippen LogP contribution in [0.5, 0.6) is 0 Å². The van der Waals surface area contributed by atoms with Gasteiger partial charge in [0.15, 0.2) is 0 Å². The minimum absolute atomic E-state index is 0.0346. The normalized spacial score (nSPS) is 18.7. The van der Waals surface area contributed by atoms with Crippen molar-refractivity contribution in [1.29, 1.82) is 0 Å². The Balaban J connectivity index is 1.22. The smallest absolute Gasteiger partial charge is 0.243 e. The zero-order valence-electron chi connectivity index (χ0n) is 19.5. The molecular formula is C26H29ClN4O3S. The number of sulfonamides is 1. The maximum absolute atomic E-state index is 13.4. The van der Waals surface area contributed by atoms with E-state index in [1.54, 1.807) is 24.3 Å². The average molecular weight is 513 g/mol. The second kappa shape index (κ2) is 10.1. The fraction of sp³-hybridized carbons (Fsp3) is 0.385. The van der Waals surface area contributed by atoms with Gasteiger partial charge in [0.05, 0.1) is 4.90 Å². The van der Waals surface area contributed by atoms with Crippen molar-refractivity contribution < 1.29 is 13.2 Å². The van der Waals surface area contributed by atoms with Gasteiger partial charge in [-0.3, -0.25) is 9.78 Å². The molecule has 2 fully saturated rings. The number of hydrogen-bond donors (Lipinski definition) is 0. The molecule has 2 aliphatic heterocycles. The van der Waals surface area contributed by atoms with E-state index in [-0.39, 0.29) is 23.8 Å². The van der Waals surface area contributed by atoms with Gasteiger partial charge in [0.25, 0.3) is 0 Å². The first-order valence-electron chi connectivity index (χ1n) is 12.0. The van der Waals surface area contributed by atoms with Crippen LogP contribution in [0.3, 0.4) is 0 Å². The van der Waals surface area contributed by atoms with E-state index >= 15 is 0 Å². The lowest BCUT2D eigenvalue weighted by Crippen LogP contribution is -2.42. The molecule has 0 atom stereocenters. The fourth-order valence-corrected chi connectivity index (χ4v) is 6.67. The van der Waals surface area contributed by atoms with E-state index in [0.717, 1.165) is 36.7 Å². The Morgan fingerprint density at radius 2 is 1.60 bits per heavy atom. The van der Waals surface area contributed by atoms with Crippen LogP contribution in [-0.2, 0) is 14.8 Å². The molecule has 0 unspecified atom stereocenters. The Hall–Kier alpha value is -2.68. The average Bonchev–Trinajstić information content (AvgIpc) is 3.06. The van der Waals surface area contributed by atoms with Crippen molar-refractivity contribution in [3.63, 3.8) is 0 Å². The molecular weight excluding hydrogens is 484 g/mol. The van der Waals surface area contributed by atoms with Gasteiger partial charge in [0, 0.05) is 68.8 Å². The number of benzene rings is 2. The predicted octanol–water partition coefficient (Wildman–Crippen LogP) is 4.03. The first-order valence-corrected chi connectivity index (χ1v) is 13.8. The van der Waals surface area contributed by atoms with Crippen molar-refractivity contribution in [2.24, 2.45) is 5.92 Å². The molecule has 9 heteroatoms. The quantitative estimate of drug-likeness (QED) is 0.516. The largest absolute Gasteiger partial charge is 0.371 e. The summed E-state index contributed by atoms with van der Waals surface area (Å²) in [7, 11) is -3.70. The van der Waals surface area contributed by atoms with E-state index in [2.05, 4.69) is 9.88 Å². The number of rotatable bonds is 5. The molecule has 7 nitrogen and oxygen atoms in total. The third-order valence-corrected chi connectivity index (χ3v) is 9.21. The number of carbonyl (C=O) groups excluding carboxylic acids is 1. The summed E-state index contributed by atoms with van der Waals surface area (Å²) in [6.45, 7) is 3.52. The first kappa shape index (κ1) is 24.0. The van der Waals surface area contributed by atoms with Gasteiger partial charge in [-0.15, -0.1) is 0 Å². The molecule has 0 saturated carbocycles. The monoisotopic (exact) mass is 512 g/mol. The summed E-state index contributed by atoms with van der Waals surface area (Å²) >= 11 is 6.05. The molecule has 1 amide bonds. The zero-order valence-corrected chi connectivity index (χ0v) is 21.1. The minimum atomic E-state index is -3.70. The Morgan fingerprint density at radius 1 is 0.886 bits per heavy atom. The van der Waals surface area contributed by atoms with E-state index in [1.807, 2.05) is 41.6 Å². The molecule has 184 valence electrons. The summed E-state index contributed by atoms with van der Waals surface area (Å²) in [6.07, 6.45) is 5.85. The number of amides is 1. The summed E-state index contributed by atoms with van der Waals surface area (Å²) in [5.41, 5.74) is 1.18. The highest BCUT2D eigenvalue weighted by Gasteiger charge is 2.31. The molecule has 0 radical (unpaired) electrons. The molecule has 35 heavy (non-hydrogen) atoms. The highest BCUT2D eigenvalue weighted by molar-refractivity contribution is 7.89. The highest BCUT2D eigenvalue weighted by Crippen LogP contribution is 2.27. The van der Waals surface area contributed by atoms with Crippen LogP contribution in [0.2, 0.25) is 5.02 Å². The van der Waals surface area contributed by atoms with Gasteiger partial charge < -0.3 is 9.80 Å². The van der Waals surface area contributed by atoms with Crippen LogP contribution in [-0.4, -0.2) is 67.8 Å². The van der Waals surface area contributed by atoms with Gasteiger partial charge >= 0.3 is 0 Å². The number of aromatic nitrogens is 1. The molecule has 0 spiro atoms. The van der Waals surface area contributed by atoms with Gasteiger partial charge in [-0.2, -0.15) is 4.31 Å². The fourth-order valence-electron chi connectivity index (χ4n) is 5.03. The number of hydrogen-bond acceptors (Lipinski definition) is 5. The van der Waals surface area contributed by atoms with Crippen molar-refractivity contribution >= 4 is 44.0 Å². The van der Waals surface area contributed by atoms with Crippen molar-refractivity contribution in [1.82, 2.24) is 14.2 Å². The number of pyridine rings is 1. The molecule has 2 aromatic carbocycles. The van der Waals surface area contributed by atoms with Crippen molar-refractivity contribution in [3.05, 3.63) is 65.9 Å². The third kappa shape index (κ3) is 5.29. The highest BCUT2D eigenvalue weighted by atomic mass is 35.5. The topological polar surface area (TPSA) is 73.8 Å². The minimum Gasteiger partial charge on any atom is -0.371 e. The van der Waals surface area contributed by atoms with E-state index in [0.29, 0.717) is 30.6 Å². The Labute approximate surface area is 211 Å². The van der Waals surface area contributed by atoms with Gasteiger partial charge in [-0.1, -0.05) is 23.7 Å². The standard InChI is InChI=1S/C26H29ClN4O3S/c27-23-3-1-22-18-25(4-2-21(22)17-23)35(33,34)31-14-9-26(32)30(15-16-31)19-20-7-12-29(13-8-20)24-5-10-28-11-6-24/h1-6,10-11,17-18,20H,7-9,12-16,19H2. The van der Waals surface area contributed by atoms with Gasteiger partial charge in [0.2, 0.25) is 15.9 Å². The van der Waals surface area contributed by atoms with Crippen molar-refractivity contribution in [2.45, 2.75) is 24.2 Å². The number of carbonyl (C=O) groups is 1. The summed E-state index contributed by atoms with van der Waals surface area (Å²) in [5.74, 6) is 0.458. The predicted molar refractivity (Wildman–Crippen MR) is 138 cm³/mol. The number of piperidine rings is 1. The van der Waals surface area contributed by atoms with Crippen LogP contribution < -0.4 is 4.90 Å². The van der Waals surface area contributed by atoms with E-state index in [9.17, 15) is 13.2 Å². The maximum Gasteiger partial charge on any atom is 0.243 e. The molecule has 3 heterocycles. The van der Waals surface area contributed by atoms with Crippen molar-refractivity contribution in [3.8, 4) is 0 Å². The second-order valence-corrected chi connectivity index (χ2v) is 11.7. The lowest BCUT2D eigenvalue weighted by molar-refractivity contribution is -0.131. The molecule has 1 aromatic heterocycles. The molecule has 0 aliphatic carbocycles. The van der Waals surface area contributed by atoms with Crippen molar-refractivity contribution in [2.75, 3.05) is 44.2 Å². The summed E-state index contributed by atoms with van der Waals surface area (Å²) < 4.78 is 28.2. The molecule has 5 rings (SSSR count). The molecule has 0 bridgehead atoms. The van der Waals surface area contributed by atoms with Crippen LogP contribution >= 0.6 is 11.6 Å². The lowest BCUT2D eigenvalue weighted by atomic mass is 9.95. The van der Waals surface area contributed by atoms with Crippen LogP contribution in [0, 0.1) is 5.92 Å². The summed E-state index contributed by atoms with van der Waals surface area (Å²) in [6, 6.07) is 14.5. The maximum atomic E-state index is 13.4. The number of halogens is 1. The number of anilines is 1. The van der Waals surface area contributed by atoms with E-state index in [1.165, 1.54) is 9.99 Å². The SMILES string of the molecule is O=C1CCN(S(=O)(=O)c2ccc3cc(Cl)ccc3c2)CCN1CC1CCN(c2ccncc2)CC1. The number of nitrogens with zero attached hydrogens (tertiary/aromatic N) is 4. The van der Waals surface area contributed by atoms with E-state index < -0.39 is 10.0 Å². The van der Waals surface area contributed by atoms with E-state index in [4.69, 9.17) is 11.6 Å². The Bertz CT molecular complexity index is 1310. The molecule has 0 N–H and O–H groups in total. The zero-order chi connectivity index (χ0) is 24.4. The second-order valence-electron chi connectivity index (χ2n) is 9.28. The first-order chi connectivity index (χ1) is 16.9. The summed E-state index contributed by atoms with van der Waals surface area (Å²) in [5, 5.41) is 2.33. The van der Waals surface area contributed by atoms with Crippen LogP contribution in [0.1, 0.15) is 19.3 Å². The molecule has 3 aromatic rings. The Morgan fingerprint density at radius 3 is 2.37 bits per heavy atom. The third-order valence-electron chi connectivity index (χ3n) is 7.08. The molecule has 2 saturated heterocycles. The molecule has 2 aliphatic rings. The Kier molecular flexibility index (Phi) is 6.95.